The molecule has 0 radical (unpaired) electrons. The number of benzene rings is 1. The largest absolute Gasteiger partial charge is 0.493 e. The van der Waals surface area contributed by atoms with Crippen molar-refractivity contribution >= 4 is 23.3 Å². The van der Waals surface area contributed by atoms with Gasteiger partial charge < -0.3 is 29.3 Å². The molecule has 1 N–H and O–H groups in total. The number of carbonyl (C=O) groups is 2. The first-order valence-corrected chi connectivity index (χ1v) is 14.6. The van der Waals surface area contributed by atoms with E-state index in [2.05, 4.69) is 5.32 Å². The molecule has 38 heavy (non-hydrogen) atoms. The van der Waals surface area contributed by atoms with E-state index < -0.39 is 0 Å². The third-order valence-corrected chi connectivity index (χ3v) is 8.25. The molecule has 1 aromatic heterocycles. The summed E-state index contributed by atoms with van der Waals surface area (Å²) < 4.78 is 16.6. The Bertz CT molecular complexity index is 1020. The second-order valence-corrected chi connectivity index (χ2v) is 11.2. The summed E-state index contributed by atoms with van der Waals surface area (Å²) in [5, 5.41) is 5.22. The van der Waals surface area contributed by atoms with Crippen LogP contribution in [0.3, 0.4) is 0 Å². The lowest BCUT2D eigenvalue weighted by atomic mass is 9.96. The molecule has 208 valence electrons. The Kier molecular flexibility index (Phi) is 10.7. The fourth-order valence-corrected chi connectivity index (χ4v) is 5.93. The monoisotopic (exact) mass is 543 g/mol. The molecular weight excluding hydrogens is 502 g/mol. The number of nitrogens with one attached hydrogen (secondary N) is 1. The standard InChI is InChI=1S/C29H41N3O5S/c1-35-26-13-12-22(18-27(26)36-2)14-15-31(20-25-11-7-17-38-25)28(33)21-32(19-24-10-6-16-37-24)29(34)30-23-8-4-3-5-9-23/h7,11-13,17-18,23-24H,3-6,8-10,14-16,19-21H2,1-2H3,(H,30,34). The molecule has 1 saturated heterocycles. The van der Waals surface area contributed by atoms with Gasteiger partial charge in [-0.15, -0.1) is 11.3 Å². The topological polar surface area (TPSA) is 80.3 Å². The molecule has 9 heteroatoms. The van der Waals surface area contributed by atoms with Crippen LogP contribution in [0.1, 0.15) is 55.4 Å². The van der Waals surface area contributed by atoms with E-state index in [1.165, 1.54) is 6.42 Å². The predicted molar refractivity (Wildman–Crippen MR) is 149 cm³/mol. The molecule has 2 aromatic rings. The van der Waals surface area contributed by atoms with Crippen LogP contribution in [0.2, 0.25) is 0 Å². The van der Waals surface area contributed by atoms with Gasteiger partial charge >= 0.3 is 6.03 Å². The van der Waals surface area contributed by atoms with E-state index in [0.29, 0.717) is 44.2 Å². The molecule has 1 aliphatic carbocycles. The zero-order chi connectivity index (χ0) is 26.7. The molecule has 3 amide bonds. The molecule has 1 aliphatic heterocycles. The normalized spacial score (nSPS) is 17.7. The lowest BCUT2D eigenvalue weighted by molar-refractivity contribution is -0.132. The van der Waals surface area contributed by atoms with Crippen LogP contribution in [0.4, 0.5) is 4.79 Å². The van der Waals surface area contributed by atoms with Crippen molar-refractivity contribution in [2.75, 3.05) is 40.5 Å². The van der Waals surface area contributed by atoms with Crippen molar-refractivity contribution in [3.63, 3.8) is 0 Å². The van der Waals surface area contributed by atoms with Crippen LogP contribution in [0.15, 0.2) is 35.7 Å². The number of nitrogens with zero attached hydrogens (tertiary/aromatic N) is 2. The van der Waals surface area contributed by atoms with E-state index >= 15 is 0 Å². The Morgan fingerprint density at radius 1 is 1.03 bits per heavy atom. The SMILES string of the molecule is COc1ccc(CCN(Cc2cccs2)C(=O)CN(CC2CCCO2)C(=O)NC2CCCCC2)cc1OC. The van der Waals surface area contributed by atoms with Gasteiger partial charge in [0.15, 0.2) is 11.5 Å². The van der Waals surface area contributed by atoms with Crippen LogP contribution >= 0.6 is 11.3 Å². The highest BCUT2D eigenvalue weighted by molar-refractivity contribution is 7.09. The van der Waals surface area contributed by atoms with Crippen molar-refractivity contribution in [1.82, 2.24) is 15.1 Å². The minimum Gasteiger partial charge on any atom is -0.493 e. The number of amides is 3. The van der Waals surface area contributed by atoms with Crippen molar-refractivity contribution in [1.29, 1.82) is 0 Å². The number of hydrogen-bond acceptors (Lipinski definition) is 6. The van der Waals surface area contributed by atoms with Crippen molar-refractivity contribution in [3.05, 3.63) is 46.2 Å². The highest BCUT2D eigenvalue weighted by Gasteiger charge is 2.28. The van der Waals surface area contributed by atoms with E-state index in [0.717, 1.165) is 49.0 Å². The molecule has 2 heterocycles. The third-order valence-electron chi connectivity index (χ3n) is 7.39. The third kappa shape index (κ3) is 8.11. The van der Waals surface area contributed by atoms with Crippen LogP contribution in [0.25, 0.3) is 0 Å². The molecule has 1 unspecified atom stereocenters. The molecular formula is C29H41N3O5S. The van der Waals surface area contributed by atoms with E-state index in [1.807, 2.05) is 40.6 Å². The highest BCUT2D eigenvalue weighted by atomic mass is 32.1. The molecule has 0 bridgehead atoms. The van der Waals surface area contributed by atoms with Gasteiger partial charge in [-0.05, 0) is 61.2 Å². The fourth-order valence-electron chi connectivity index (χ4n) is 5.21. The Morgan fingerprint density at radius 2 is 1.84 bits per heavy atom. The summed E-state index contributed by atoms with van der Waals surface area (Å²) in [6.45, 7) is 2.24. The van der Waals surface area contributed by atoms with Gasteiger partial charge in [-0.2, -0.15) is 0 Å². The maximum Gasteiger partial charge on any atom is 0.318 e. The van der Waals surface area contributed by atoms with Crippen LogP contribution in [-0.4, -0.2) is 74.3 Å². The van der Waals surface area contributed by atoms with Crippen LogP contribution in [0.5, 0.6) is 11.5 Å². The number of urea groups is 1. The number of rotatable bonds is 12. The van der Waals surface area contributed by atoms with Crippen LogP contribution < -0.4 is 14.8 Å². The smallest absolute Gasteiger partial charge is 0.318 e. The number of carbonyl (C=O) groups excluding carboxylic acids is 2. The maximum atomic E-state index is 13.7. The first kappa shape index (κ1) is 28.2. The first-order chi connectivity index (χ1) is 18.6. The maximum absolute atomic E-state index is 13.7. The summed E-state index contributed by atoms with van der Waals surface area (Å²) in [6, 6.07) is 9.91. The number of thiophene rings is 1. The average molecular weight is 544 g/mol. The Labute approximate surface area is 230 Å². The second kappa shape index (κ2) is 14.4. The molecule has 8 nitrogen and oxygen atoms in total. The predicted octanol–water partition coefficient (Wildman–Crippen LogP) is 4.86. The van der Waals surface area contributed by atoms with E-state index in [1.54, 1.807) is 30.5 Å². The lowest BCUT2D eigenvalue weighted by Gasteiger charge is -2.31. The van der Waals surface area contributed by atoms with Crippen LogP contribution in [0, 0.1) is 0 Å². The van der Waals surface area contributed by atoms with Crippen LogP contribution in [-0.2, 0) is 22.5 Å². The van der Waals surface area contributed by atoms with E-state index in [4.69, 9.17) is 14.2 Å². The van der Waals surface area contributed by atoms with Gasteiger partial charge in [-0.3, -0.25) is 4.79 Å². The quantitative estimate of drug-likeness (QED) is 0.414. The number of ether oxygens (including phenoxy) is 3. The van der Waals surface area contributed by atoms with Gasteiger partial charge in [-0.25, -0.2) is 4.79 Å². The van der Waals surface area contributed by atoms with Crippen molar-refractivity contribution in [2.45, 2.75) is 70.1 Å². The summed E-state index contributed by atoms with van der Waals surface area (Å²) in [5.41, 5.74) is 1.05. The van der Waals surface area contributed by atoms with Gasteiger partial charge in [0.1, 0.15) is 6.54 Å². The molecule has 1 saturated carbocycles. The molecule has 1 aromatic carbocycles. The minimum atomic E-state index is -0.156. The summed E-state index contributed by atoms with van der Waals surface area (Å²) >= 11 is 1.63. The number of methoxy groups -OCH3 is 2. The van der Waals surface area contributed by atoms with Crippen molar-refractivity contribution in [3.8, 4) is 11.5 Å². The molecule has 0 spiro atoms. The zero-order valence-corrected chi connectivity index (χ0v) is 23.5. The molecule has 4 rings (SSSR count). The van der Waals surface area contributed by atoms with Gasteiger partial charge in [0.25, 0.3) is 0 Å². The summed E-state index contributed by atoms with van der Waals surface area (Å²) in [7, 11) is 3.24. The molecule has 2 aliphatic rings. The molecule has 2 fully saturated rings. The van der Waals surface area contributed by atoms with Crippen molar-refractivity contribution < 1.29 is 23.8 Å². The Morgan fingerprint density at radius 3 is 2.53 bits per heavy atom. The first-order valence-electron chi connectivity index (χ1n) is 13.7. The average Bonchev–Trinajstić information content (AvgIpc) is 3.65. The fraction of sp³-hybridized carbons (Fsp3) is 0.586. The van der Waals surface area contributed by atoms with Gasteiger partial charge in [0.2, 0.25) is 5.91 Å². The molecule has 1 atom stereocenters. The van der Waals surface area contributed by atoms with Gasteiger partial charge in [0, 0.05) is 30.6 Å². The minimum absolute atomic E-state index is 0.0163. The summed E-state index contributed by atoms with van der Waals surface area (Å²) in [5.74, 6) is 1.29. The van der Waals surface area contributed by atoms with Crippen molar-refractivity contribution in [2.24, 2.45) is 0 Å². The lowest BCUT2D eigenvalue weighted by Crippen LogP contribution is -2.51. The highest BCUT2D eigenvalue weighted by Crippen LogP contribution is 2.28. The number of hydrogen-bond donors (Lipinski definition) is 1. The van der Waals surface area contributed by atoms with Gasteiger partial charge in [-0.1, -0.05) is 31.4 Å². The Hall–Kier alpha value is -2.78. The van der Waals surface area contributed by atoms with E-state index in [9.17, 15) is 9.59 Å². The Balaban J connectivity index is 1.45. The van der Waals surface area contributed by atoms with E-state index in [-0.39, 0.29) is 30.6 Å². The zero-order valence-electron chi connectivity index (χ0n) is 22.7. The summed E-state index contributed by atoms with van der Waals surface area (Å²) in [6.07, 6.45) is 8.07. The summed E-state index contributed by atoms with van der Waals surface area (Å²) in [4.78, 5) is 31.7. The second-order valence-electron chi connectivity index (χ2n) is 10.1. The van der Waals surface area contributed by atoms with Gasteiger partial charge in [0.05, 0.1) is 26.9 Å².